The van der Waals surface area contributed by atoms with Gasteiger partial charge in [-0.3, -0.25) is 9.25 Å². The lowest BCUT2D eigenvalue weighted by atomic mass is 10.2. The van der Waals surface area contributed by atoms with Crippen LogP contribution in [0.3, 0.4) is 0 Å². The van der Waals surface area contributed by atoms with E-state index >= 15 is 0 Å². The fourth-order valence-corrected chi connectivity index (χ4v) is 3.95. The Hall–Kier alpha value is -3.03. The standard InChI is InChI=1S/C21H21FN6/c22-16-8-4-9-18-21(16)26-20(28(18)15-6-2-1-3-7-15)14-24-17-12-23-13-19(17)27-11-5-10-25-27/h1-11,17,19,23-24H,12-14H2/t17-,19+/m1/s1. The van der Waals surface area contributed by atoms with Crippen molar-refractivity contribution in [1.29, 1.82) is 0 Å². The number of aromatic nitrogens is 4. The van der Waals surface area contributed by atoms with Gasteiger partial charge in [0.2, 0.25) is 0 Å². The molecule has 0 amide bonds. The topological polar surface area (TPSA) is 59.7 Å². The minimum Gasteiger partial charge on any atom is -0.313 e. The molecule has 5 rings (SSSR count). The molecule has 0 unspecified atom stereocenters. The second-order valence-electron chi connectivity index (χ2n) is 7.01. The highest BCUT2D eigenvalue weighted by Gasteiger charge is 2.29. The summed E-state index contributed by atoms with van der Waals surface area (Å²) in [6.45, 7) is 2.25. The van der Waals surface area contributed by atoms with Crippen LogP contribution in [0.4, 0.5) is 4.39 Å². The van der Waals surface area contributed by atoms with E-state index in [9.17, 15) is 4.39 Å². The van der Waals surface area contributed by atoms with E-state index in [1.165, 1.54) is 6.07 Å². The number of hydrogen-bond donors (Lipinski definition) is 2. The van der Waals surface area contributed by atoms with Gasteiger partial charge in [0.15, 0.2) is 5.82 Å². The van der Waals surface area contributed by atoms with Gasteiger partial charge in [-0.15, -0.1) is 0 Å². The number of para-hydroxylation sites is 2. The van der Waals surface area contributed by atoms with Crippen LogP contribution in [0.2, 0.25) is 0 Å². The predicted molar refractivity (Wildman–Crippen MR) is 106 cm³/mol. The van der Waals surface area contributed by atoms with Crippen molar-refractivity contribution < 1.29 is 4.39 Å². The second kappa shape index (κ2) is 7.18. The van der Waals surface area contributed by atoms with Crippen LogP contribution in [0.5, 0.6) is 0 Å². The number of fused-ring (bicyclic) bond motifs is 1. The molecule has 4 aromatic rings. The fraction of sp³-hybridized carbons (Fsp3) is 0.238. The molecule has 2 aromatic carbocycles. The molecule has 0 radical (unpaired) electrons. The zero-order valence-corrected chi connectivity index (χ0v) is 15.3. The third kappa shape index (κ3) is 2.98. The third-order valence-corrected chi connectivity index (χ3v) is 5.29. The van der Waals surface area contributed by atoms with Gasteiger partial charge < -0.3 is 10.6 Å². The maximum Gasteiger partial charge on any atom is 0.151 e. The van der Waals surface area contributed by atoms with Gasteiger partial charge in [-0.2, -0.15) is 5.10 Å². The Balaban J connectivity index is 1.48. The summed E-state index contributed by atoms with van der Waals surface area (Å²) >= 11 is 0. The number of halogens is 1. The number of nitrogens with zero attached hydrogens (tertiary/aromatic N) is 4. The Morgan fingerprint density at radius 1 is 1.07 bits per heavy atom. The van der Waals surface area contributed by atoms with E-state index in [1.807, 2.05) is 57.9 Å². The Morgan fingerprint density at radius 2 is 1.96 bits per heavy atom. The van der Waals surface area contributed by atoms with Gasteiger partial charge in [-0.05, 0) is 30.3 Å². The van der Waals surface area contributed by atoms with Crippen molar-refractivity contribution >= 4 is 11.0 Å². The Labute approximate surface area is 162 Å². The van der Waals surface area contributed by atoms with Crippen LogP contribution in [0.1, 0.15) is 11.9 Å². The van der Waals surface area contributed by atoms with Crippen LogP contribution in [-0.2, 0) is 6.54 Å². The van der Waals surface area contributed by atoms with E-state index in [2.05, 4.69) is 20.7 Å². The smallest absolute Gasteiger partial charge is 0.151 e. The molecule has 0 aliphatic carbocycles. The van der Waals surface area contributed by atoms with Gasteiger partial charge in [-0.1, -0.05) is 24.3 Å². The Kier molecular flexibility index (Phi) is 4.38. The lowest BCUT2D eigenvalue weighted by molar-refractivity contribution is 0.384. The molecule has 7 heteroatoms. The van der Waals surface area contributed by atoms with Gasteiger partial charge >= 0.3 is 0 Å². The van der Waals surface area contributed by atoms with Crippen LogP contribution in [0.25, 0.3) is 16.7 Å². The monoisotopic (exact) mass is 376 g/mol. The Morgan fingerprint density at radius 3 is 2.79 bits per heavy atom. The highest BCUT2D eigenvalue weighted by atomic mass is 19.1. The molecule has 28 heavy (non-hydrogen) atoms. The van der Waals surface area contributed by atoms with E-state index in [4.69, 9.17) is 0 Å². The van der Waals surface area contributed by atoms with Crippen molar-refractivity contribution in [3.05, 3.63) is 78.6 Å². The summed E-state index contributed by atoms with van der Waals surface area (Å²) in [5, 5.41) is 11.4. The molecule has 142 valence electrons. The molecule has 0 saturated carbocycles. The largest absolute Gasteiger partial charge is 0.313 e. The first-order chi connectivity index (χ1) is 13.8. The molecule has 3 heterocycles. The number of hydrogen-bond acceptors (Lipinski definition) is 4. The van der Waals surface area contributed by atoms with Crippen LogP contribution in [-0.4, -0.2) is 38.5 Å². The lowest BCUT2D eigenvalue weighted by Gasteiger charge is -2.20. The normalized spacial score (nSPS) is 19.5. The van der Waals surface area contributed by atoms with Gasteiger partial charge in [-0.25, -0.2) is 9.37 Å². The van der Waals surface area contributed by atoms with Crippen molar-refractivity contribution in [2.45, 2.75) is 18.6 Å². The first kappa shape index (κ1) is 17.1. The van der Waals surface area contributed by atoms with E-state index in [1.54, 1.807) is 12.3 Å². The first-order valence-corrected chi connectivity index (χ1v) is 9.46. The van der Waals surface area contributed by atoms with Crippen molar-refractivity contribution in [3.63, 3.8) is 0 Å². The first-order valence-electron chi connectivity index (χ1n) is 9.46. The summed E-state index contributed by atoms with van der Waals surface area (Å²) < 4.78 is 18.4. The lowest BCUT2D eigenvalue weighted by Crippen LogP contribution is -2.37. The summed E-state index contributed by atoms with van der Waals surface area (Å²) in [6, 6.07) is 17.4. The molecule has 0 bridgehead atoms. The zero-order chi connectivity index (χ0) is 18.9. The molecule has 1 aliphatic heterocycles. The van der Waals surface area contributed by atoms with Gasteiger partial charge in [0.25, 0.3) is 0 Å². The van der Waals surface area contributed by atoms with E-state index in [-0.39, 0.29) is 17.9 Å². The highest BCUT2D eigenvalue weighted by molar-refractivity contribution is 5.78. The zero-order valence-electron chi connectivity index (χ0n) is 15.3. The van der Waals surface area contributed by atoms with Crippen molar-refractivity contribution in [2.75, 3.05) is 13.1 Å². The number of rotatable bonds is 5. The molecule has 2 N–H and O–H groups in total. The van der Waals surface area contributed by atoms with Gasteiger partial charge in [0.1, 0.15) is 11.3 Å². The second-order valence-corrected chi connectivity index (χ2v) is 7.01. The van der Waals surface area contributed by atoms with Crippen LogP contribution in [0, 0.1) is 5.82 Å². The van der Waals surface area contributed by atoms with Crippen LogP contribution in [0.15, 0.2) is 67.0 Å². The molecule has 1 aliphatic rings. The molecule has 6 nitrogen and oxygen atoms in total. The highest BCUT2D eigenvalue weighted by Crippen LogP contribution is 2.24. The Bertz CT molecular complexity index is 1070. The molecular weight excluding hydrogens is 355 g/mol. The van der Waals surface area contributed by atoms with Crippen molar-refractivity contribution in [1.82, 2.24) is 30.0 Å². The minimum atomic E-state index is -0.301. The number of imidazole rings is 1. The SMILES string of the molecule is Fc1cccc2c1nc(CN[C@@H]1CNC[C@@H]1n1cccn1)n2-c1ccccc1. The maximum absolute atomic E-state index is 14.4. The summed E-state index contributed by atoms with van der Waals surface area (Å²) in [7, 11) is 0. The molecule has 2 atom stereocenters. The van der Waals surface area contributed by atoms with Crippen LogP contribution < -0.4 is 10.6 Å². The number of benzene rings is 2. The quantitative estimate of drug-likeness (QED) is 0.562. The summed E-state index contributed by atoms with van der Waals surface area (Å²) in [4.78, 5) is 4.62. The molecule has 1 saturated heterocycles. The van der Waals surface area contributed by atoms with E-state index in [0.717, 1.165) is 30.1 Å². The average molecular weight is 376 g/mol. The van der Waals surface area contributed by atoms with Crippen LogP contribution >= 0.6 is 0 Å². The average Bonchev–Trinajstić information content (AvgIpc) is 3.46. The summed E-state index contributed by atoms with van der Waals surface area (Å²) in [6.07, 6.45) is 3.79. The summed E-state index contributed by atoms with van der Waals surface area (Å²) in [5.41, 5.74) is 2.15. The van der Waals surface area contributed by atoms with E-state index < -0.39 is 0 Å². The van der Waals surface area contributed by atoms with Gasteiger partial charge in [0.05, 0.1) is 18.1 Å². The molecule has 2 aromatic heterocycles. The predicted octanol–water partition coefficient (Wildman–Crippen LogP) is 2.66. The number of nitrogens with one attached hydrogen (secondary N) is 2. The van der Waals surface area contributed by atoms with Crippen molar-refractivity contribution in [3.8, 4) is 5.69 Å². The third-order valence-electron chi connectivity index (χ3n) is 5.29. The molecule has 1 fully saturated rings. The van der Waals surface area contributed by atoms with Crippen molar-refractivity contribution in [2.24, 2.45) is 0 Å². The maximum atomic E-state index is 14.4. The minimum absolute atomic E-state index is 0.216. The van der Waals surface area contributed by atoms with Gasteiger partial charge in [0, 0.05) is 37.2 Å². The molecule has 0 spiro atoms. The summed E-state index contributed by atoms with van der Waals surface area (Å²) in [5.74, 6) is 0.489. The fourth-order valence-electron chi connectivity index (χ4n) is 3.95. The molecular formula is C21H21FN6. The van der Waals surface area contributed by atoms with E-state index in [0.29, 0.717) is 12.1 Å².